The SMILES string of the molecule is C=CC(=O)C(=C/C=C/C)/C(C)=N\C(=C)C. The number of carbonyl (C=O) groups is 1. The Morgan fingerprint density at radius 2 is 1.93 bits per heavy atom. The normalized spacial score (nSPS) is 13.0. The molecule has 15 heavy (non-hydrogen) atoms. The van der Waals surface area contributed by atoms with E-state index in [1.54, 1.807) is 26.0 Å². The highest BCUT2D eigenvalue weighted by molar-refractivity contribution is 6.25. The lowest BCUT2D eigenvalue weighted by Gasteiger charge is -2.02. The third-order valence-corrected chi connectivity index (χ3v) is 1.65. The molecule has 0 heterocycles. The first-order chi connectivity index (χ1) is 7.02. The van der Waals surface area contributed by atoms with Gasteiger partial charge in [-0.05, 0) is 32.9 Å². The Morgan fingerprint density at radius 1 is 1.33 bits per heavy atom. The topological polar surface area (TPSA) is 29.4 Å². The monoisotopic (exact) mass is 203 g/mol. The molecular formula is C13H17NO. The van der Waals surface area contributed by atoms with Crippen molar-refractivity contribution in [2.24, 2.45) is 4.99 Å². The molecule has 0 aliphatic heterocycles. The molecule has 80 valence electrons. The maximum absolute atomic E-state index is 11.5. The number of nitrogens with zero attached hydrogens (tertiary/aromatic N) is 1. The minimum atomic E-state index is -0.129. The van der Waals surface area contributed by atoms with Crippen molar-refractivity contribution in [3.63, 3.8) is 0 Å². The molecule has 0 aliphatic carbocycles. The number of rotatable bonds is 5. The average molecular weight is 203 g/mol. The fourth-order valence-corrected chi connectivity index (χ4v) is 1.03. The second kappa shape index (κ2) is 6.71. The van der Waals surface area contributed by atoms with Crippen LogP contribution in [-0.2, 0) is 4.79 Å². The summed E-state index contributed by atoms with van der Waals surface area (Å²) in [5, 5.41) is 0. The second-order valence-corrected chi connectivity index (χ2v) is 3.11. The Bertz CT molecular complexity index is 357. The van der Waals surface area contributed by atoms with Crippen molar-refractivity contribution in [2.75, 3.05) is 0 Å². The zero-order valence-electron chi connectivity index (χ0n) is 9.58. The largest absolute Gasteiger partial charge is 0.289 e. The van der Waals surface area contributed by atoms with Crippen LogP contribution in [0.15, 0.2) is 53.7 Å². The molecule has 0 fully saturated rings. The number of ketones is 1. The van der Waals surface area contributed by atoms with E-state index in [1.165, 1.54) is 6.08 Å². The van der Waals surface area contributed by atoms with Gasteiger partial charge in [-0.15, -0.1) is 0 Å². The first-order valence-corrected chi connectivity index (χ1v) is 4.73. The molecule has 0 atom stereocenters. The summed E-state index contributed by atoms with van der Waals surface area (Å²) in [4.78, 5) is 15.7. The average Bonchev–Trinajstić information content (AvgIpc) is 2.16. The van der Waals surface area contributed by atoms with Gasteiger partial charge in [-0.2, -0.15) is 0 Å². The lowest BCUT2D eigenvalue weighted by molar-refractivity contribution is -0.110. The zero-order chi connectivity index (χ0) is 11.8. The molecule has 0 rings (SSSR count). The van der Waals surface area contributed by atoms with Crippen LogP contribution in [-0.4, -0.2) is 11.5 Å². The van der Waals surface area contributed by atoms with E-state index >= 15 is 0 Å². The van der Waals surface area contributed by atoms with Gasteiger partial charge in [0.1, 0.15) is 0 Å². The Morgan fingerprint density at radius 3 is 2.33 bits per heavy atom. The van der Waals surface area contributed by atoms with Crippen LogP contribution in [0, 0.1) is 0 Å². The Labute approximate surface area is 91.4 Å². The van der Waals surface area contributed by atoms with E-state index in [0.717, 1.165) is 0 Å². The van der Waals surface area contributed by atoms with Crippen molar-refractivity contribution in [3.8, 4) is 0 Å². The number of aliphatic imine (C=N–C) groups is 1. The lowest BCUT2D eigenvalue weighted by Crippen LogP contribution is -2.07. The molecule has 0 unspecified atom stereocenters. The van der Waals surface area contributed by atoms with Crippen molar-refractivity contribution < 1.29 is 4.79 Å². The van der Waals surface area contributed by atoms with Gasteiger partial charge in [0.15, 0.2) is 5.78 Å². The predicted molar refractivity (Wildman–Crippen MR) is 66.0 cm³/mol. The van der Waals surface area contributed by atoms with E-state index in [-0.39, 0.29) is 5.78 Å². The van der Waals surface area contributed by atoms with Crippen LogP contribution in [0.25, 0.3) is 0 Å². The molecule has 2 nitrogen and oxygen atoms in total. The van der Waals surface area contributed by atoms with Gasteiger partial charge in [-0.25, -0.2) is 0 Å². The summed E-state index contributed by atoms with van der Waals surface area (Å²) in [6.45, 7) is 12.6. The minimum absolute atomic E-state index is 0.129. The van der Waals surface area contributed by atoms with Gasteiger partial charge in [0.05, 0.1) is 0 Å². The Hall–Kier alpha value is -1.70. The fourth-order valence-electron chi connectivity index (χ4n) is 1.03. The molecular weight excluding hydrogens is 186 g/mol. The van der Waals surface area contributed by atoms with E-state index in [1.807, 2.05) is 13.0 Å². The maximum atomic E-state index is 11.5. The van der Waals surface area contributed by atoms with Crippen LogP contribution in [0.3, 0.4) is 0 Å². The molecule has 0 radical (unpaired) electrons. The van der Waals surface area contributed by atoms with Gasteiger partial charge in [-0.1, -0.05) is 25.3 Å². The van der Waals surface area contributed by atoms with Gasteiger partial charge in [0.25, 0.3) is 0 Å². The first kappa shape index (κ1) is 13.3. The van der Waals surface area contributed by atoms with Gasteiger partial charge in [-0.3, -0.25) is 9.79 Å². The van der Waals surface area contributed by atoms with Crippen molar-refractivity contribution in [3.05, 3.63) is 48.7 Å². The number of carbonyl (C=O) groups excluding carboxylic acids is 1. The molecule has 0 aromatic rings. The Kier molecular flexibility index (Phi) is 5.95. The summed E-state index contributed by atoms with van der Waals surface area (Å²) in [5.41, 5.74) is 1.88. The number of allylic oxidation sites excluding steroid dienone is 6. The quantitative estimate of drug-likeness (QED) is 0.383. The van der Waals surface area contributed by atoms with Crippen LogP contribution >= 0.6 is 0 Å². The fraction of sp³-hybridized carbons (Fsp3) is 0.231. The van der Waals surface area contributed by atoms with Crippen LogP contribution in [0.1, 0.15) is 20.8 Å². The van der Waals surface area contributed by atoms with Crippen LogP contribution in [0.2, 0.25) is 0 Å². The summed E-state index contributed by atoms with van der Waals surface area (Å²) < 4.78 is 0. The van der Waals surface area contributed by atoms with E-state index < -0.39 is 0 Å². The summed E-state index contributed by atoms with van der Waals surface area (Å²) >= 11 is 0. The van der Waals surface area contributed by atoms with Crippen molar-refractivity contribution >= 4 is 11.5 Å². The summed E-state index contributed by atoms with van der Waals surface area (Å²) in [7, 11) is 0. The number of hydrogen-bond acceptors (Lipinski definition) is 2. The molecule has 0 aromatic carbocycles. The van der Waals surface area contributed by atoms with Gasteiger partial charge in [0, 0.05) is 17.0 Å². The third-order valence-electron chi connectivity index (χ3n) is 1.65. The summed E-state index contributed by atoms with van der Waals surface area (Å²) in [6, 6.07) is 0. The molecule has 0 bridgehead atoms. The Balaban J connectivity index is 5.20. The molecule has 0 saturated heterocycles. The highest BCUT2D eigenvalue weighted by atomic mass is 16.1. The summed E-state index contributed by atoms with van der Waals surface area (Å²) in [6.07, 6.45) is 6.66. The molecule has 2 heteroatoms. The molecule has 0 saturated carbocycles. The second-order valence-electron chi connectivity index (χ2n) is 3.11. The van der Waals surface area contributed by atoms with Gasteiger partial charge < -0.3 is 0 Å². The predicted octanol–water partition coefficient (Wildman–Crippen LogP) is 3.24. The van der Waals surface area contributed by atoms with E-state index in [0.29, 0.717) is 17.0 Å². The van der Waals surface area contributed by atoms with Gasteiger partial charge >= 0.3 is 0 Å². The van der Waals surface area contributed by atoms with Crippen LogP contribution in [0.5, 0.6) is 0 Å². The van der Waals surface area contributed by atoms with E-state index in [4.69, 9.17) is 0 Å². The number of hydrogen-bond donors (Lipinski definition) is 0. The first-order valence-electron chi connectivity index (χ1n) is 4.73. The van der Waals surface area contributed by atoms with Crippen molar-refractivity contribution in [1.29, 1.82) is 0 Å². The van der Waals surface area contributed by atoms with Crippen LogP contribution in [0.4, 0.5) is 0 Å². The highest BCUT2D eigenvalue weighted by Gasteiger charge is 2.07. The van der Waals surface area contributed by atoms with E-state index in [2.05, 4.69) is 18.2 Å². The molecule has 0 aliphatic rings. The van der Waals surface area contributed by atoms with Crippen molar-refractivity contribution in [2.45, 2.75) is 20.8 Å². The molecule has 0 aromatic heterocycles. The zero-order valence-corrected chi connectivity index (χ0v) is 9.58. The van der Waals surface area contributed by atoms with E-state index in [9.17, 15) is 4.79 Å². The summed E-state index contributed by atoms with van der Waals surface area (Å²) in [5.74, 6) is -0.129. The van der Waals surface area contributed by atoms with Gasteiger partial charge in [0.2, 0.25) is 0 Å². The smallest absolute Gasteiger partial charge is 0.187 e. The minimum Gasteiger partial charge on any atom is -0.289 e. The third kappa shape index (κ3) is 4.91. The molecule has 0 spiro atoms. The molecule has 0 N–H and O–H groups in total. The lowest BCUT2D eigenvalue weighted by atomic mass is 10.1. The van der Waals surface area contributed by atoms with Crippen molar-refractivity contribution in [1.82, 2.24) is 0 Å². The molecule has 0 amide bonds. The van der Waals surface area contributed by atoms with Crippen LogP contribution < -0.4 is 0 Å². The highest BCUT2D eigenvalue weighted by Crippen LogP contribution is 2.05. The standard InChI is InChI=1S/C13H17NO/c1-6-8-9-12(13(15)7-2)11(5)14-10(3)4/h6-9H,2-3H2,1,4-5H3/b8-6+,12-9+,14-11-. The maximum Gasteiger partial charge on any atom is 0.187 e.